The number of urea groups is 1. The van der Waals surface area contributed by atoms with Crippen LogP contribution in [0.2, 0.25) is 0 Å². The molecule has 2 atom stereocenters. The maximum absolute atomic E-state index is 13.2. The van der Waals surface area contributed by atoms with Crippen LogP contribution in [0, 0.1) is 6.92 Å². The summed E-state index contributed by atoms with van der Waals surface area (Å²) in [4.78, 5) is 19.7. The molecule has 9 heteroatoms. The Labute approximate surface area is 210 Å². The van der Waals surface area contributed by atoms with E-state index in [0.717, 1.165) is 47.4 Å². The fourth-order valence-electron chi connectivity index (χ4n) is 4.70. The summed E-state index contributed by atoms with van der Waals surface area (Å²) in [5.74, 6) is 1.95. The maximum atomic E-state index is 13.2. The Morgan fingerprint density at radius 2 is 1.86 bits per heavy atom. The number of nitrogens with one attached hydrogen (secondary N) is 1. The van der Waals surface area contributed by atoms with Gasteiger partial charge in [0.05, 0.1) is 38.5 Å². The van der Waals surface area contributed by atoms with Gasteiger partial charge in [0.2, 0.25) is 5.82 Å². The first kappa shape index (κ1) is 23.9. The molecule has 0 aliphatic carbocycles. The standard InChI is InChI=1S/C27H30N4O5/c1-16-7-9-18(10-8-16)24-23(17(2)31(27(32)28-24)15-20-6-5-13-35-20)26-29-25(30-36-26)19-11-12-21(33-3)22(14-19)34-4/h7-12,14,20,24H,5-6,13,15H2,1-4H3,(H,28,32). The summed E-state index contributed by atoms with van der Waals surface area (Å²) in [6.45, 7) is 5.14. The van der Waals surface area contributed by atoms with E-state index in [2.05, 4.69) is 10.5 Å². The van der Waals surface area contributed by atoms with E-state index in [1.165, 1.54) is 0 Å². The number of benzene rings is 2. The highest BCUT2D eigenvalue weighted by Crippen LogP contribution is 2.38. The highest BCUT2D eigenvalue weighted by atomic mass is 16.5. The topological polar surface area (TPSA) is 99.0 Å². The van der Waals surface area contributed by atoms with E-state index >= 15 is 0 Å². The van der Waals surface area contributed by atoms with Gasteiger partial charge >= 0.3 is 6.03 Å². The minimum absolute atomic E-state index is 0.00730. The van der Waals surface area contributed by atoms with Gasteiger partial charge in [-0.05, 0) is 50.5 Å². The second-order valence-electron chi connectivity index (χ2n) is 9.03. The van der Waals surface area contributed by atoms with E-state index in [-0.39, 0.29) is 12.1 Å². The molecule has 0 spiro atoms. The number of aryl methyl sites for hydroxylation is 1. The van der Waals surface area contributed by atoms with Crippen molar-refractivity contribution in [3.8, 4) is 22.9 Å². The van der Waals surface area contributed by atoms with Crippen molar-refractivity contribution in [3.63, 3.8) is 0 Å². The molecule has 1 saturated heterocycles. The van der Waals surface area contributed by atoms with E-state index in [0.29, 0.717) is 29.8 Å². The fourth-order valence-corrected chi connectivity index (χ4v) is 4.70. The van der Waals surface area contributed by atoms with Gasteiger partial charge in [-0.25, -0.2) is 4.79 Å². The molecule has 188 valence electrons. The zero-order chi connectivity index (χ0) is 25.2. The maximum Gasteiger partial charge on any atom is 0.322 e. The average Bonchev–Trinajstić information content (AvgIpc) is 3.59. The number of amides is 2. The summed E-state index contributed by atoms with van der Waals surface area (Å²) in [5.41, 5.74) is 4.32. The molecule has 3 heterocycles. The summed E-state index contributed by atoms with van der Waals surface area (Å²) in [6.07, 6.45) is 1.94. The molecule has 0 bridgehead atoms. The number of hydrogen-bond acceptors (Lipinski definition) is 7. The molecule has 2 aliphatic heterocycles. The predicted octanol–water partition coefficient (Wildman–Crippen LogP) is 4.74. The molecule has 9 nitrogen and oxygen atoms in total. The summed E-state index contributed by atoms with van der Waals surface area (Å²) in [6, 6.07) is 12.9. The Balaban J connectivity index is 1.56. The molecular weight excluding hydrogens is 460 g/mol. The molecule has 1 N–H and O–H groups in total. The van der Waals surface area contributed by atoms with Crippen molar-refractivity contribution in [1.29, 1.82) is 0 Å². The Morgan fingerprint density at radius 3 is 2.56 bits per heavy atom. The van der Waals surface area contributed by atoms with Crippen LogP contribution < -0.4 is 14.8 Å². The number of ether oxygens (including phenoxy) is 3. The molecule has 1 aromatic heterocycles. The van der Waals surface area contributed by atoms with Crippen LogP contribution in [0.1, 0.15) is 42.8 Å². The smallest absolute Gasteiger partial charge is 0.322 e. The van der Waals surface area contributed by atoms with Crippen LogP contribution in [0.5, 0.6) is 11.5 Å². The Kier molecular flexibility index (Phi) is 6.65. The third-order valence-electron chi connectivity index (χ3n) is 6.72. The summed E-state index contributed by atoms with van der Waals surface area (Å²) >= 11 is 0. The summed E-state index contributed by atoms with van der Waals surface area (Å²) in [7, 11) is 3.17. The predicted molar refractivity (Wildman–Crippen MR) is 134 cm³/mol. The fraction of sp³-hybridized carbons (Fsp3) is 0.370. The van der Waals surface area contributed by atoms with Crippen LogP contribution >= 0.6 is 0 Å². The van der Waals surface area contributed by atoms with Gasteiger partial charge in [-0.1, -0.05) is 35.0 Å². The van der Waals surface area contributed by atoms with Crippen molar-refractivity contribution < 1.29 is 23.5 Å². The molecular formula is C27H30N4O5. The lowest BCUT2D eigenvalue weighted by atomic mass is 9.94. The zero-order valence-electron chi connectivity index (χ0n) is 20.9. The molecule has 2 unspecified atom stereocenters. The molecule has 2 aromatic carbocycles. The molecule has 36 heavy (non-hydrogen) atoms. The van der Waals surface area contributed by atoms with Crippen LogP contribution in [0.3, 0.4) is 0 Å². The lowest BCUT2D eigenvalue weighted by Crippen LogP contribution is -2.48. The van der Waals surface area contributed by atoms with Crippen LogP contribution in [-0.2, 0) is 4.74 Å². The quantitative estimate of drug-likeness (QED) is 0.511. The zero-order valence-corrected chi connectivity index (χ0v) is 20.9. The van der Waals surface area contributed by atoms with E-state index in [1.807, 2.05) is 44.2 Å². The second-order valence-corrected chi connectivity index (χ2v) is 9.03. The van der Waals surface area contributed by atoms with Crippen molar-refractivity contribution in [1.82, 2.24) is 20.4 Å². The van der Waals surface area contributed by atoms with Crippen LogP contribution in [0.4, 0.5) is 4.79 Å². The second kappa shape index (κ2) is 10.0. The normalized spacial score (nSPS) is 20.0. The highest BCUT2D eigenvalue weighted by molar-refractivity contribution is 5.87. The number of hydrogen-bond donors (Lipinski definition) is 1. The van der Waals surface area contributed by atoms with Gasteiger partial charge in [-0.2, -0.15) is 4.98 Å². The van der Waals surface area contributed by atoms with E-state index in [9.17, 15) is 4.79 Å². The average molecular weight is 491 g/mol. The number of carbonyl (C=O) groups is 1. The number of allylic oxidation sites excluding steroid dienone is 1. The monoisotopic (exact) mass is 490 g/mol. The molecule has 5 rings (SSSR count). The SMILES string of the molecule is COc1ccc(-c2noc(C3=C(C)N(CC4CCCO4)C(=O)NC3c3ccc(C)cc3)n2)cc1OC. The van der Waals surface area contributed by atoms with Gasteiger partial charge in [0.25, 0.3) is 5.89 Å². The molecule has 2 aliphatic rings. The Morgan fingerprint density at radius 1 is 1.08 bits per heavy atom. The lowest BCUT2D eigenvalue weighted by Gasteiger charge is -2.36. The number of methoxy groups -OCH3 is 2. The van der Waals surface area contributed by atoms with E-state index in [1.54, 1.807) is 31.3 Å². The Hall–Kier alpha value is -3.85. The van der Waals surface area contributed by atoms with Crippen molar-refractivity contribution in [2.45, 2.75) is 38.8 Å². The summed E-state index contributed by atoms with van der Waals surface area (Å²) in [5, 5.41) is 7.39. The van der Waals surface area contributed by atoms with Gasteiger partial charge in [0.1, 0.15) is 0 Å². The molecule has 3 aromatic rings. The van der Waals surface area contributed by atoms with Crippen LogP contribution in [0.25, 0.3) is 17.0 Å². The van der Waals surface area contributed by atoms with Gasteiger partial charge in [-0.3, -0.25) is 4.90 Å². The first-order chi connectivity index (χ1) is 17.5. The molecule has 0 radical (unpaired) electrons. The minimum atomic E-state index is -0.433. The lowest BCUT2D eigenvalue weighted by molar-refractivity contribution is 0.0877. The van der Waals surface area contributed by atoms with E-state index in [4.69, 9.17) is 23.7 Å². The molecule has 1 fully saturated rings. The van der Waals surface area contributed by atoms with Gasteiger partial charge < -0.3 is 24.1 Å². The van der Waals surface area contributed by atoms with Gasteiger partial charge in [0, 0.05) is 17.9 Å². The third-order valence-corrected chi connectivity index (χ3v) is 6.72. The number of carbonyl (C=O) groups excluding carboxylic acids is 1. The minimum Gasteiger partial charge on any atom is -0.493 e. The van der Waals surface area contributed by atoms with Crippen molar-refractivity contribution in [3.05, 3.63) is 65.2 Å². The van der Waals surface area contributed by atoms with E-state index < -0.39 is 6.04 Å². The Bertz CT molecular complexity index is 1280. The molecule has 0 saturated carbocycles. The van der Waals surface area contributed by atoms with Crippen molar-refractivity contribution in [2.24, 2.45) is 0 Å². The van der Waals surface area contributed by atoms with Crippen molar-refractivity contribution in [2.75, 3.05) is 27.4 Å². The van der Waals surface area contributed by atoms with Crippen molar-refractivity contribution >= 4 is 11.6 Å². The van der Waals surface area contributed by atoms with Crippen LogP contribution in [-0.4, -0.2) is 54.5 Å². The first-order valence-electron chi connectivity index (χ1n) is 12.0. The molecule has 2 amide bonds. The van der Waals surface area contributed by atoms with Crippen LogP contribution in [0.15, 0.2) is 52.7 Å². The summed E-state index contributed by atoms with van der Waals surface area (Å²) < 4.78 is 22.4. The number of aromatic nitrogens is 2. The third kappa shape index (κ3) is 4.54. The number of nitrogens with zero attached hydrogens (tertiary/aromatic N) is 3. The van der Waals surface area contributed by atoms with Gasteiger partial charge in [0.15, 0.2) is 11.5 Å². The number of rotatable bonds is 7. The first-order valence-corrected chi connectivity index (χ1v) is 12.0. The van der Waals surface area contributed by atoms with Gasteiger partial charge in [-0.15, -0.1) is 0 Å². The largest absolute Gasteiger partial charge is 0.493 e. The highest BCUT2D eigenvalue weighted by Gasteiger charge is 2.37.